The molecule has 2 amide bonds. The molecule has 224 valence electrons. The first kappa shape index (κ1) is 30.7. The predicted octanol–water partition coefficient (Wildman–Crippen LogP) is 3.67. The highest BCUT2D eigenvalue weighted by Gasteiger charge is 2.32. The van der Waals surface area contributed by atoms with E-state index in [9.17, 15) is 14.4 Å². The highest BCUT2D eigenvalue weighted by Crippen LogP contribution is 2.29. The molecule has 1 aromatic heterocycles. The van der Waals surface area contributed by atoms with Crippen LogP contribution in [0.5, 0.6) is 0 Å². The van der Waals surface area contributed by atoms with Crippen molar-refractivity contribution in [1.29, 1.82) is 0 Å². The fraction of sp³-hybridized carbons (Fsp3) is 0.452. The number of hydrogen-bond acceptors (Lipinski definition) is 8. The van der Waals surface area contributed by atoms with E-state index in [1.165, 1.54) is 29.1 Å². The van der Waals surface area contributed by atoms with Gasteiger partial charge in [-0.25, -0.2) is 14.3 Å². The van der Waals surface area contributed by atoms with Gasteiger partial charge in [-0.1, -0.05) is 65.9 Å². The van der Waals surface area contributed by atoms with Gasteiger partial charge in [-0.2, -0.15) is 0 Å². The minimum atomic E-state index is -0.796. The monoisotopic (exact) mass is 576 g/mol. The van der Waals surface area contributed by atoms with Crippen LogP contribution in [0.1, 0.15) is 61.3 Å². The number of esters is 1. The number of aromatic nitrogens is 3. The lowest BCUT2D eigenvalue weighted by atomic mass is 9.96. The molecule has 0 aliphatic carbocycles. The molecular formula is C31H40N6O5. The highest BCUT2D eigenvalue weighted by molar-refractivity contribution is 5.87. The summed E-state index contributed by atoms with van der Waals surface area (Å²) in [4.78, 5) is 42.6. The second-order valence-electron chi connectivity index (χ2n) is 11.3. The van der Waals surface area contributed by atoms with Crippen LogP contribution >= 0.6 is 0 Å². The molecule has 42 heavy (non-hydrogen) atoms. The number of methoxy groups -OCH3 is 1. The number of amides is 2. The maximum atomic E-state index is 13.8. The molecule has 0 radical (unpaired) electrons. The van der Waals surface area contributed by atoms with Crippen LogP contribution in [-0.4, -0.2) is 87.7 Å². The Morgan fingerprint density at radius 3 is 2.07 bits per heavy atom. The van der Waals surface area contributed by atoms with E-state index in [4.69, 9.17) is 9.47 Å². The third-order valence-corrected chi connectivity index (χ3v) is 7.09. The number of carbonyl (C=O) groups is 3. The van der Waals surface area contributed by atoms with Gasteiger partial charge in [0.2, 0.25) is 5.91 Å². The Kier molecular flexibility index (Phi) is 10.3. The van der Waals surface area contributed by atoms with Gasteiger partial charge >= 0.3 is 12.1 Å². The molecular weight excluding hydrogens is 536 g/mol. The molecule has 11 heteroatoms. The second kappa shape index (κ2) is 14.1. The number of alkyl carbamates (subject to hydrolysis) is 1. The van der Waals surface area contributed by atoms with Crippen LogP contribution in [0, 0.1) is 0 Å². The molecule has 0 unspecified atom stereocenters. The maximum absolute atomic E-state index is 13.8. The van der Waals surface area contributed by atoms with E-state index in [1.807, 2.05) is 36.4 Å². The Hall–Kier alpha value is -4.25. The number of aryl methyl sites for hydroxylation is 1. The number of hydrogen-bond donors (Lipinski definition) is 1. The van der Waals surface area contributed by atoms with Crippen molar-refractivity contribution in [3.05, 3.63) is 83.7 Å². The zero-order valence-corrected chi connectivity index (χ0v) is 24.7. The molecule has 3 aromatic rings. The maximum Gasteiger partial charge on any atom is 0.408 e. The number of nitrogens with one attached hydrogen (secondary N) is 1. The third-order valence-electron chi connectivity index (χ3n) is 7.09. The Balaban J connectivity index is 1.43. The number of piperazine rings is 1. The third kappa shape index (κ3) is 8.16. The SMILES string of the molecule is COC(=O)c1cnnn1CCC[C@H](NC(=O)OC(C)(C)C)C(=O)N1CCN(C(c2ccccc2)c2ccccc2)CC1. The fourth-order valence-corrected chi connectivity index (χ4v) is 5.14. The quantitative estimate of drug-likeness (QED) is 0.363. The lowest BCUT2D eigenvalue weighted by molar-refractivity contribution is -0.135. The summed E-state index contributed by atoms with van der Waals surface area (Å²) in [5, 5.41) is 10.5. The molecule has 1 atom stereocenters. The highest BCUT2D eigenvalue weighted by atomic mass is 16.6. The number of rotatable bonds is 10. The molecule has 1 aliphatic rings. The van der Waals surface area contributed by atoms with E-state index in [-0.39, 0.29) is 17.6 Å². The molecule has 1 fully saturated rings. The Morgan fingerprint density at radius 1 is 0.929 bits per heavy atom. The van der Waals surface area contributed by atoms with Crippen molar-refractivity contribution in [1.82, 2.24) is 30.1 Å². The standard InChI is InChI=1S/C31H40N6O5/c1-31(2,3)42-30(40)33-25(16-11-17-37-26(22-32-34-37)29(39)41-4)28(38)36-20-18-35(19-21-36)27(23-12-7-5-8-13-23)24-14-9-6-10-15-24/h5-10,12-15,22,25,27H,11,16-21H2,1-4H3,(H,33,40)/t25-/m0/s1. The molecule has 4 rings (SSSR count). The molecule has 11 nitrogen and oxygen atoms in total. The van der Waals surface area contributed by atoms with Crippen molar-refractivity contribution in [2.45, 2.75) is 57.8 Å². The number of nitrogens with zero attached hydrogens (tertiary/aromatic N) is 5. The van der Waals surface area contributed by atoms with Gasteiger partial charge in [-0.3, -0.25) is 9.69 Å². The number of carbonyl (C=O) groups excluding carboxylic acids is 3. The van der Waals surface area contributed by atoms with E-state index >= 15 is 0 Å². The van der Waals surface area contributed by atoms with Gasteiger partial charge < -0.3 is 19.7 Å². The average Bonchev–Trinajstić information content (AvgIpc) is 3.45. The predicted molar refractivity (Wildman–Crippen MR) is 157 cm³/mol. The minimum absolute atomic E-state index is 0.0759. The van der Waals surface area contributed by atoms with E-state index in [0.717, 1.165) is 0 Å². The average molecular weight is 577 g/mol. The normalized spacial score (nSPS) is 14.8. The van der Waals surface area contributed by atoms with Crippen LogP contribution in [0.2, 0.25) is 0 Å². The smallest absolute Gasteiger partial charge is 0.408 e. The summed E-state index contributed by atoms with van der Waals surface area (Å²) in [6, 6.07) is 20.0. The van der Waals surface area contributed by atoms with Crippen molar-refractivity contribution in [2.24, 2.45) is 0 Å². The summed E-state index contributed by atoms with van der Waals surface area (Å²) in [6.45, 7) is 8.07. The van der Waals surface area contributed by atoms with Crippen molar-refractivity contribution in [3.63, 3.8) is 0 Å². The van der Waals surface area contributed by atoms with Crippen LogP contribution in [0.25, 0.3) is 0 Å². The molecule has 0 saturated carbocycles. The second-order valence-corrected chi connectivity index (χ2v) is 11.3. The van der Waals surface area contributed by atoms with Gasteiger partial charge in [0.1, 0.15) is 11.6 Å². The first-order chi connectivity index (χ1) is 20.2. The molecule has 1 N–H and O–H groups in total. The van der Waals surface area contributed by atoms with Crippen LogP contribution in [0.15, 0.2) is 66.9 Å². The van der Waals surface area contributed by atoms with Crippen molar-refractivity contribution in [3.8, 4) is 0 Å². The van der Waals surface area contributed by atoms with E-state index in [1.54, 1.807) is 25.7 Å². The van der Waals surface area contributed by atoms with Crippen LogP contribution in [0.4, 0.5) is 4.79 Å². The Bertz CT molecular complexity index is 1280. The molecule has 1 aliphatic heterocycles. The first-order valence-corrected chi connectivity index (χ1v) is 14.3. The van der Waals surface area contributed by atoms with Gasteiger partial charge in [0, 0.05) is 32.7 Å². The number of ether oxygens (including phenoxy) is 2. The summed E-state index contributed by atoms with van der Waals surface area (Å²) in [7, 11) is 1.29. The molecule has 0 bridgehead atoms. The van der Waals surface area contributed by atoms with Crippen LogP contribution in [-0.2, 0) is 20.8 Å². The summed E-state index contributed by atoms with van der Waals surface area (Å²) < 4.78 is 11.7. The van der Waals surface area contributed by atoms with E-state index in [2.05, 4.69) is 44.8 Å². The van der Waals surface area contributed by atoms with Crippen molar-refractivity contribution in [2.75, 3.05) is 33.3 Å². The number of benzene rings is 2. The van der Waals surface area contributed by atoms with Gasteiger partial charge in [-0.05, 0) is 44.7 Å². The molecule has 0 spiro atoms. The summed E-state index contributed by atoms with van der Waals surface area (Å²) in [5.74, 6) is -0.704. The van der Waals surface area contributed by atoms with Gasteiger partial charge in [0.15, 0.2) is 5.69 Å². The summed E-state index contributed by atoms with van der Waals surface area (Å²) >= 11 is 0. The van der Waals surface area contributed by atoms with Crippen LogP contribution < -0.4 is 5.32 Å². The van der Waals surface area contributed by atoms with Gasteiger partial charge in [0.05, 0.1) is 19.3 Å². The lowest BCUT2D eigenvalue weighted by Crippen LogP contribution is -2.55. The minimum Gasteiger partial charge on any atom is -0.464 e. The van der Waals surface area contributed by atoms with Crippen LogP contribution in [0.3, 0.4) is 0 Å². The van der Waals surface area contributed by atoms with Gasteiger partial charge in [0.25, 0.3) is 0 Å². The molecule has 2 heterocycles. The summed E-state index contributed by atoms with van der Waals surface area (Å²) in [5.41, 5.74) is 1.92. The summed E-state index contributed by atoms with van der Waals surface area (Å²) in [6.07, 6.45) is 1.48. The molecule has 2 aromatic carbocycles. The molecule has 1 saturated heterocycles. The van der Waals surface area contributed by atoms with E-state index in [0.29, 0.717) is 45.6 Å². The van der Waals surface area contributed by atoms with Crippen molar-refractivity contribution >= 4 is 18.0 Å². The zero-order chi connectivity index (χ0) is 30.1. The van der Waals surface area contributed by atoms with Crippen molar-refractivity contribution < 1.29 is 23.9 Å². The zero-order valence-electron chi connectivity index (χ0n) is 24.7. The van der Waals surface area contributed by atoms with E-state index < -0.39 is 23.7 Å². The Morgan fingerprint density at radius 2 is 1.52 bits per heavy atom. The fourth-order valence-electron chi connectivity index (χ4n) is 5.14. The largest absolute Gasteiger partial charge is 0.464 e. The topological polar surface area (TPSA) is 119 Å². The van der Waals surface area contributed by atoms with Gasteiger partial charge in [-0.15, -0.1) is 5.10 Å². The lowest BCUT2D eigenvalue weighted by Gasteiger charge is -2.40. The Labute approximate surface area is 246 Å². The first-order valence-electron chi connectivity index (χ1n) is 14.3.